The first-order valence-corrected chi connectivity index (χ1v) is 12.4. The van der Waals surface area contributed by atoms with Gasteiger partial charge in [0.15, 0.2) is 14.6 Å². The van der Waals surface area contributed by atoms with E-state index in [1.165, 1.54) is 41.9 Å². The van der Waals surface area contributed by atoms with E-state index in [1.54, 1.807) is 12.1 Å². The van der Waals surface area contributed by atoms with Crippen molar-refractivity contribution in [3.05, 3.63) is 60.2 Å². The molecule has 0 spiro atoms. The molecule has 0 radical (unpaired) electrons. The molecular formula is C23H24FN3O7S. The van der Waals surface area contributed by atoms with E-state index in [0.717, 1.165) is 0 Å². The molecular weight excluding hydrogens is 481 g/mol. The highest BCUT2D eigenvalue weighted by molar-refractivity contribution is 7.93. The van der Waals surface area contributed by atoms with Gasteiger partial charge in [-0.3, -0.25) is 10.0 Å². The van der Waals surface area contributed by atoms with Crippen LogP contribution in [0.2, 0.25) is 0 Å². The number of halogens is 1. The number of hydroxylamine groups is 1. The van der Waals surface area contributed by atoms with E-state index < -0.39 is 20.5 Å². The number of amides is 1. The van der Waals surface area contributed by atoms with Crippen molar-refractivity contribution in [2.75, 3.05) is 19.8 Å². The molecule has 12 heteroatoms. The minimum absolute atomic E-state index is 0.0467. The first kappa shape index (κ1) is 24.8. The van der Waals surface area contributed by atoms with Crippen LogP contribution in [0, 0.1) is 5.82 Å². The Morgan fingerprint density at radius 2 is 1.80 bits per heavy atom. The van der Waals surface area contributed by atoms with E-state index in [0.29, 0.717) is 42.5 Å². The van der Waals surface area contributed by atoms with Crippen molar-refractivity contribution >= 4 is 15.7 Å². The molecule has 3 aromatic rings. The van der Waals surface area contributed by atoms with Crippen molar-refractivity contribution in [1.29, 1.82) is 0 Å². The van der Waals surface area contributed by atoms with Crippen LogP contribution in [0.15, 0.2) is 57.9 Å². The average Bonchev–Trinajstić information content (AvgIpc) is 3.36. The summed E-state index contributed by atoms with van der Waals surface area (Å²) in [4.78, 5) is 16.5. The molecule has 2 N–H and O–H groups in total. The number of hydrogen-bond donors (Lipinski definition) is 2. The monoisotopic (exact) mass is 505 g/mol. The summed E-state index contributed by atoms with van der Waals surface area (Å²) in [7, 11) is -4.09. The number of aromatic nitrogens is 2. The topological polar surface area (TPSA) is 141 Å². The van der Waals surface area contributed by atoms with E-state index >= 15 is 0 Å². The third-order valence-corrected chi connectivity index (χ3v) is 8.35. The largest absolute Gasteiger partial charge is 0.494 e. The van der Waals surface area contributed by atoms with Crippen LogP contribution in [-0.2, 0) is 25.8 Å². The van der Waals surface area contributed by atoms with Gasteiger partial charge < -0.3 is 14.0 Å². The van der Waals surface area contributed by atoms with Gasteiger partial charge in [0.05, 0.1) is 11.5 Å². The summed E-state index contributed by atoms with van der Waals surface area (Å²) >= 11 is 0. The summed E-state index contributed by atoms with van der Waals surface area (Å²) in [6, 6.07) is 11.5. The minimum Gasteiger partial charge on any atom is -0.494 e. The van der Waals surface area contributed by atoms with Crippen LogP contribution in [0.5, 0.6) is 5.75 Å². The summed E-state index contributed by atoms with van der Waals surface area (Å²) in [6.45, 7) is 0.507. The predicted molar refractivity (Wildman–Crippen MR) is 120 cm³/mol. The van der Waals surface area contributed by atoms with Gasteiger partial charge in [-0.1, -0.05) is 5.16 Å². The molecule has 2 heterocycles. The van der Waals surface area contributed by atoms with E-state index in [-0.39, 0.29) is 36.8 Å². The Morgan fingerprint density at radius 3 is 2.46 bits per heavy atom. The lowest BCUT2D eigenvalue weighted by Crippen LogP contribution is -2.54. The SMILES string of the molecule is O=C(NO)C1(S(=O)(=O)c2ccc(OCCCc3nc(-c4ccc(F)cc4)no3)cc2)CCOCC1. The molecule has 0 aliphatic carbocycles. The molecule has 10 nitrogen and oxygen atoms in total. The van der Waals surface area contributed by atoms with E-state index in [2.05, 4.69) is 10.1 Å². The molecule has 1 saturated heterocycles. The summed E-state index contributed by atoms with van der Waals surface area (Å²) in [5.41, 5.74) is 2.14. The predicted octanol–water partition coefficient (Wildman–Crippen LogP) is 2.72. The maximum absolute atomic E-state index is 13.2. The molecule has 4 rings (SSSR count). The van der Waals surface area contributed by atoms with Gasteiger partial charge >= 0.3 is 0 Å². The number of rotatable bonds is 9. The van der Waals surface area contributed by atoms with Gasteiger partial charge in [0, 0.05) is 25.2 Å². The lowest BCUT2D eigenvalue weighted by atomic mass is 9.98. The molecule has 35 heavy (non-hydrogen) atoms. The Bertz CT molecular complexity index is 1260. The fourth-order valence-corrected chi connectivity index (χ4v) is 5.79. The highest BCUT2D eigenvalue weighted by Crippen LogP contribution is 2.35. The van der Waals surface area contributed by atoms with Crippen LogP contribution in [0.3, 0.4) is 0 Å². The summed E-state index contributed by atoms with van der Waals surface area (Å²) in [6.07, 6.45) is 0.906. The summed E-state index contributed by atoms with van der Waals surface area (Å²) in [5, 5.41) is 13.0. The molecule has 0 saturated carbocycles. The Hall–Kier alpha value is -3.35. The number of aryl methyl sites for hydroxylation is 1. The van der Waals surface area contributed by atoms with Crippen molar-refractivity contribution in [3.8, 4) is 17.1 Å². The third kappa shape index (κ3) is 5.19. The zero-order valence-electron chi connectivity index (χ0n) is 18.6. The molecule has 1 fully saturated rings. The molecule has 2 aromatic carbocycles. The smallest absolute Gasteiger partial charge is 0.265 e. The van der Waals surface area contributed by atoms with Gasteiger partial charge in [-0.2, -0.15) is 4.98 Å². The zero-order chi connectivity index (χ0) is 24.9. The normalized spacial score (nSPS) is 15.5. The van der Waals surface area contributed by atoms with Gasteiger partial charge in [0.2, 0.25) is 11.7 Å². The highest BCUT2D eigenvalue weighted by atomic mass is 32.2. The van der Waals surface area contributed by atoms with Gasteiger partial charge in [0.1, 0.15) is 11.6 Å². The quantitative estimate of drug-likeness (QED) is 0.255. The van der Waals surface area contributed by atoms with Crippen molar-refractivity contribution in [2.45, 2.75) is 35.3 Å². The minimum atomic E-state index is -4.09. The summed E-state index contributed by atoms with van der Waals surface area (Å²) < 4.78 is 53.8. The van der Waals surface area contributed by atoms with Crippen molar-refractivity contribution < 1.29 is 36.8 Å². The molecule has 1 aliphatic heterocycles. The fourth-order valence-electron chi connectivity index (χ4n) is 3.85. The highest BCUT2D eigenvalue weighted by Gasteiger charge is 2.52. The Balaban J connectivity index is 1.33. The van der Waals surface area contributed by atoms with Crippen LogP contribution in [0.25, 0.3) is 11.4 Å². The van der Waals surface area contributed by atoms with E-state index in [1.807, 2.05) is 0 Å². The number of carbonyl (C=O) groups is 1. The van der Waals surface area contributed by atoms with Crippen molar-refractivity contribution in [1.82, 2.24) is 15.6 Å². The Labute approximate surface area is 200 Å². The van der Waals surface area contributed by atoms with Crippen LogP contribution in [0.1, 0.15) is 25.2 Å². The first-order valence-electron chi connectivity index (χ1n) is 10.9. The summed E-state index contributed by atoms with van der Waals surface area (Å²) in [5.74, 6) is -0.0777. The average molecular weight is 506 g/mol. The number of benzene rings is 2. The second-order valence-electron chi connectivity index (χ2n) is 7.99. The Kier molecular flexibility index (Phi) is 7.43. The molecule has 1 aromatic heterocycles. The molecule has 0 bridgehead atoms. The molecule has 1 amide bonds. The maximum Gasteiger partial charge on any atom is 0.265 e. The van der Waals surface area contributed by atoms with Crippen LogP contribution < -0.4 is 10.2 Å². The standard InChI is InChI=1S/C23H24FN3O7S/c24-17-5-3-16(4-6-17)21-25-20(34-27-21)2-1-13-33-18-7-9-19(10-8-18)35(30,31)23(22(28)26-29)11-14-32-15-12-23/h3-10,29H,1-2,11-15H2,(H,26,28). The van der Waals surface area contributed by atoms with Crippen LogP contribution in [-0.4, -0.2) is 54.2 Å². The van der Waals surface area contributed by atoms with E-state index in [9.17, 15) is 17.6 Å². The number of nitrogens with zero attached hydrogens (tertiary/aromatic N) is 2. The molecule has 186 valence electrons. The van der Waals surface area contributed by atoms with Crippen molar-refractivity contribution in [2.24, 2.45) is 0 Å². The number of ether oxygens (including phenoxy) is 2. The number of nitrogens with one attached hydrogen (secondary N) is 1. The van der Waals surface area contributed by atoms with Crippen molar-refractivity contribution in [3.63, 3.8) is 0 Å². The second-order valence-corrected chi connectivity index (χ2v) is 10.3. The second kappa shape index (κ2) is 10.5. The van der Waals surface area contributed by atoms with E-state index in [4.69, 9.17) is 19.2 Å². The zero-order valence-corrected chi connectivity index (χ0v) is 19.5. The maximum atomic E-state index is 13.2. The third-order valence-electron chi connectivity index (χ3n) is 5.84. The Morgan fingerprint density at radius 1 is 1.11 bits per heavy atom. The first-order chi connectivity index (χ1) is 16.9. The van der Waals surface area contributed by atoms with Gasteiger partial charge in [0.25, 0.3) is 5.91 Å². The number of hydrogen-bond acceptors (Lipinski definition) is 9. The van der Waals surface area contributed by atoms with Gasteiger partial charge in [-0.15, -0.1) is 0 Å². The fraction of sp³-hybridized carbons (Fsp3) is 0.348. The lowest BCUT2D eigenvalue weighted by Gasteiger charge is -2.34. The number of sulfone groups is 1. The molecule has 0 unspecified atom stereocenters. The van der Waals surface area contributed by atoms with Crippen LogP contribution >= 0.6 is 0 Å². The molecule has 0 atom stereocenters. The van der Waals surface area contributed by atoms with Crippen LogP contribution in [0.4, 0.5) is 4.39 Å². The molecule has 1 aliphatic rings. The van der Waals surface area contributed by atoms with Gasteiger partial charge in [-0.05, 0) is 67.8 Å². The lowest BCUT2D eigenvalue weighted by molar-refractivity contribution is -0.134. The van der Waals surface area contributed by atoms with Gasteiger partial charge in [-0.25, -0.2) is 18.3 Å². The number of carbonyl (C=O) groups excluding carboxylic acids is 1.